The zero-order chi connectivity index (χ0) is 27.8. The minimum atomic E-state index is -2.10. The van der Waals surface area contributed by atoms with Crippen molar-refractivity contribution in [3.8, 4) is 0 Å². The zero-order valence-electron chi connectivity index (χ0n) is 23.8. The van der Waals surface area contributed by atoms with Gasteiger partial charge in [-0.15, -0.1) is 6.58 Å². The lowest BCUT2D eigenvalue weighted by Crippen LogP contribution is -2.49. The zero-order valence-corrected chi connectivity index (χ0v) is 24.8. The number of aliphatic hydroxyl groups is 1. The van der Waals surface area contributed by atoms with Crippen LogP contribution in [0.2, 0.25) is 18.1 Å². The lowest BCUT2D eigenvalue weighted by Gasteiger charge is -2.42. The summed E-state index contributed by atoms with van der Waals surface area (Å²) in [4.78, 5) is 35.9. The fourth-order valence-corrected chi connectivity index (χ4v) is 5.77. The molecule has 0 aliphatic carbocycles. The van der Waals surface area contributed by atoms with Crippen LogP contribution in [-0.4, -0.2) is 56.4 Å². The molecule has 0 spiro atoms. The number of nitrogens with one attached hydrogen (secondary N) is 1. The van der Waals surface area contributed by atoms with Crippen LogP contribution in [0.4, 0.5) is 0 Å². The quantitative estimate of drug-likeness (QED) is 0.190. The molecule has 1 fully saturated rings. The maximum atomic E-state index is 12.8. The van der Waals surface area contributed by atoms with Crippen molar-refractivity contribution < 1.29 is 28.7 Å². The molecule has 0 saturated carbocycles. The van der Waals surface area contributed by atoms with E-state index in [9.17, 15) is 19.5 Å². The van der Waals surface area contributed by atoms with Gasteiger partial charge in [-0.1, -0.05) is 46.8 Å². The first-order valence-electron chi connectivity index (χ1n) is 13.1. The molecule has 1 heterocycles. The van der Waals surface area contributed by atoms with Crippen molar-refractivity contribution in [2.75, 3.05) is 7.11 Å². The molecule has 1 aliphatic rings. The van der Waals surface area contributed by atoms with Crippen LogP contribution in [0.1, 0.15) is 73.6 Å². The SMILES string of the molecule is C=C[C@H](OC)[C@@H](O[Si](C)(C)C(C)(C)C)[C@H](C)C=C(C)[C@H](O)C(C)C(=O)CCCC1CC(=O)NC(=O)C1. The van der Waals surface area contributed by atoms with E-state index < -0.39 is 20.3 Å². The summed E-state index contributed by atoms with van der Waals surface area (Å²) in [5.74, 6) is -1.16. The molecule has 7 nitrogen and oxygen atoms in total. The Labute approximate surface area is 219 Å². The maximum Gasteiger partial charge on any atom is 0.226 e. The Morgan fingerprint density at radius 3 is 2.25 bits per heavy atom. The molecule has 0 aromatic rings. The molecule has 1 rings (SSSR count). The average Bonchev–Trinajstić information content (AvgIpc) is 2.76. The van der Waals surface area contributed by atoms with E-state index in [4.69, 9.17) is 9.16 Å². The third-order valence-corrected chi connectivity index (χ3v) is 12.3. The number of carbonyl (C=O) groups excluding carboxylic acids is 3. The molecule has 0 aromatic carbocycles. The Hall–Kier alpha value is -1.61. The summed E-state index contributed by atoms with van der Waals surface area (Å²) in [5, 5.41) is 13.3. The lowest BCUT2D eigenvalue weighted by atomic mass is 9.87. The number of imide groups is 1. The van der Waals surface area contributed by atoms with Gasteiger partial charge in [-0.3, -0.25) is 19.7 Å². The molecule has 0 radical (unpaired) electrons. The van der Waals surface area contributed by atoms with Crippen LogP contribution in [0.5, 0.6) is 0 Å². The lowest BCUT2D eigenvalue weighted by molar-refractivity contribution is -0.134. The Kier molecular flexibility index (Phi) is 12.4. The summed E-state index contributed by atoms with van der Waals surface area (Å²) in [6.07, 6.45) is 4.46. The van der Waals surface area contributed by atoms with Crippen molar-refractivity contribution in [3.05, 3.63) is 24.3 Å². The molecular formula is C28H49NO6Si. The first kappa shape index (κ1) is 32.4. The Balaban J connectivity index is 2.84. The highest BCUT2D eigenvalue weighted by atomic mass is 28.4. The molecule has 206 valence electrons. The van der Waals surface area contributed by atoms with Crippen molar-refractivity contribution >= 4 is 25.9 Å². The molecule has 0 bridgehead atoms. The largest absolute Gasteiger partial charge is 0.410 e. The average molecular weight is 524 g/mol. The second-order valence-corrected chi connectivity index (χ2v) is 16.6. The van der Waals surface area contributed by atoms with Crippen LogP contribution in [0.3, 0.4) is 0 Å². The first-order valence-corrected chi connectivity index (χ1v) is 16.0. The predicted molar refractivity (Wildman–Crippen MR) is 146 cm³/mol. The number of Topliss-reactive ketones (excluding diaryl/α,β-unsaturated/α-hetero) is 1. The van der Waals surface area contributed by atoms with E-state index in [-0.39, 0.29) is 46.7 Å². The van der Waals surface area contributed by atoms with Crippen molar-refractivity contribution in [3.63, 3.8) is 0 Å². The number of amides is 2. The normalized spacial score (nSPS) is 20.3. The van der Waals surface area contributed by atoms with Crippen LogP contribution in [-0.2, 0) is 23.5 Å². The van der Waals surface area contributed by atoms with Gasteiger partial charge in [0.05, 0.1) is 12.2 Å². The number of hydrogen-bond donors (Lipinski definition) is 2. The highest BCUT2D eigenvalue weighted by Crippen LogP contribution is 2.39. The van der Waals surface area contributed by atoms with E-state index in [0.29, 0.717) is 32.1 Å². The molecule has 1 unspecified atom stereocenters. The molecule has 5 atom stereocenters. The van der Waals surface area contributed by atoms with Gasteiger partial charge in [0.1, 0.15) is 11.9 Å². The second kappa shape index (κ2) is 13.8. The van der Waals surface area contributed by atoms with E-state index >= 15 is 0 Å². The van der Waals surface area contributed by atoms with Gasteiger partial charge in [-0.2, -0.15) is 0 Å². The number of ether oxygens (including phenoxy) is 1. The number of ketones is 1. The van der Waals surface area contributed by atoms with Crippen LogP contribution in [0, 0.1) is 17.8 Å². The minimum Gasteiger partial charge on any atom is -0.410 e. The number of carbonyl (C=O) groups is 3. The smallest absolute Gasteiger partial charge is 0.226 e. The minimum absolute atomic E-state index is 0.0156. The van der Waals surface area contributed by atoms with Crippen molar-refractivity contribution in [1.29, 1.82) is 0 Å². The van der Waals surface area contributed by atoms with Gasteiger partial charge in [0.2, 0.25) is 11.8 Å². The van der Waals surface area contributed by atoms with Gasteiger partial charge in [0.25, 0.3) is 0 Å². The van der Waals surface area contributed by atoms with Crippen molar-refractivity contribution in [2.24, 2.45) is 17.8 Å². The van der Waals surface area contributed by atoms with E-state index in [1.165, 1.54) is 0 Å². The standard InChI is InChI=1S/C28H49NO6Si/c1-11-23(34-8)27(35-36(9,10)28(5,6)7)19(3)15-18(2)26(33)20(4)22(30)14-12-13-21-16-24(31)29-25(32)17-21/h11,15,19-21,23,26-27,33H,1,12-14,16-17H2,2-10H3,(H,29,31,32)/t19-,20?,23+,26+,27+/m1/s1. The highest BCUT2D eigenvalue weighted by molar-refractivity contribution is 6.74. The van der Waals surface area contributed by atoms with E-state index in [1.54, 1.807) is 20.1 Å². The molecule has 2 amide bonds. The molecule has 8 heteroatoms. The van der Waals surface area contributed by atoms with Gasteiger partial charge in [0.15, 0.2) is 8.32 Å². The van der Waals surface area contributed by atoms with Crippen LogP contribution in [0.15, 0.2) is 24.3 Å². The van der Waals surface area contributed by atoms with Gasteiger partial charge >= 0.3 is 0 Å². The molecular weight excluding hydrogens is 474 g/mol. The number of aliphatic hydroxyl groups excluding tert-OH is 1. The third kappa shape index (κ3) is 9.36. The Bertz CT molecular complexity index is 799. The maximum absolute atomic E-state index is 12.8. The number of rotatable bonds is 14. The summed E-state index contributed by atoms with van der Waals surface area (Å²) in [6, 6.07) is 0. The Morgan fingerprint density at radius 2 is 1.78 bits per heavy atom. The fourth-order valence-electron chi connectivity index (χ4n) is 4.38. The summed E-state index contributed by atoms with van der Waals surface area (Å²) in [7, 11) is -0.460. The Morgan fingerprint density at radius 1 is 1.22 bits per heavy atom. The van der Waals surface area contributed by atoms with Gasteiger partial charge in [0, 0.05) is 38.2 Å². The number of methoxy groups -OCH3 is 1. The fraction of sp³-hybridized carbons (Fsp3) is 0.750. The topological polar surface area (TPSA) is 102 Å². The molecule has 0 aromatic heterocycles. The molecule has 36 heavy (non-hydrogen) atoms. The highest BCUT2D eigenvalue weighted by Gasteiger charge is 2.41. The second-order valence-electron chi connectivity index (χ2n) is 11.9. The van der Waals surface area contributed by atoms with Crippen LogP contribution >= 0.6 is 0 Å². The van der Waals surface area contributed by atoms with Crippen molar-refractivity contribution in [1.82, 2.24) is 5.32 Å². The van der Waals surface area contributed by atoms with E-state index in [2.05, 4.69) is 45.8 Å². The summed E-state index contributed by atoms with van der Waals surface area (Å²) < 4.78 is 12.4. The summed E-state index contributed by atoms with van der Waals surface area (Å²) in [5.41, 5.74) is 0.723. The van der Waals surface area contributed by atoms with Crippen LogP contribution in [0.25, 0.3) is 0 Å². The van der Waals surface area contributed by atoms with Crippen molar-refractivity contribution in [2.45, 2.75) is 110 Å². The molecule has 1 saturated heterocycles. The van der Waals surface area contributed by atoms with E-state index in [1.807, 2.05) is 19.9 Å². The number of piperidine rings is 1. The number of hydrogen-bond acceptors (Lipinski definition) is 6. The molecule has 2 N–H and O–H groups in total. The predicted octanol–water partition coefficient (Wildman–Crippen LogP) is 4.95. The first-order chi connectivity index (χ1) is 16.5. The summed E-state index contributed by atoms with van der Waals surface area (Å²) >= 11 is 0. The van der Waals surface area contributed by atoms with E-state index in [0.717, 1.165) is 5.57 Å². The summed E-state index contributed by atoms with van der Waals surface area (Å²) in [6.45, 7) is 20.5. The van der Waals surface area contributed by atoms with Gasteiger partial charge in [-0.25, -0.2) is 0 Å². The third-order valence-electron chi connectivity index (χ3n) is 7.82. The van der Waals surface area contributed by atoms with Gasteiger partial charge in [-0.05, 0) is 49.4 Å². The van der Waals surface area contributed by atoms with Crippen LogP contribution < -0.4 is 5.32 Å². The monoisotopic (exact) mass is 523 g/mol. The van der Waals surface area contributed by atoms with Gasteiger partial charge < -0.3 is 14.3 Å². The molecule has 1 aliphatic heterocycles.